The van der Waals surface area contributed by atoms with Crippen molar-refractivity contribution in [3.05, 3.63) is 23.8 Å². The number of ether oxygens (including phenoxy) is 2. The van der Waals surface area contributed by atoms with Crippen LogP contribution in [0.3, 0.4) is 0 Å². The Labute approximate surface area is 119 Å². The topological polar surface area (TPSA) is 50.8 Å². The Hall–Kier alpha value is -1.75. The number of amides is 1. The number of hydrogen-bond acceptors (Lipinski definition) is 4. The van der Waals surface area contributed by atoms with Gasteiger partial charge in [-0.3, -0.25) is 4.79 Å². The van der Waals surface area contributed by atoms with Gasteiger partial charge in [0.15, 0.2) is 0 Å². The summed E-state index contributed by atoms with van der Waals surface area (Å²) >= 11 is 0. The van der Waals surface area contributed by atoms with Gasteiger partial charge in [-0.05, 0) is 26.0 Å². The van der Waals surface area contributed by atoms with E-state index >= 15 is 0 Å². The maximum atomic E-state index is 12.8. The van der Waals surface area contributed by atoms with Crippen LogP contribution in [0, 0.1) is 0 Å². The minimum absolute atomic E-state index is 0.00556. The molecular weight excluding hydrogens is 256 g/mol. The number of rotatable bonds is 3. The zero-order chi connectivity index (χ0) is 14.7. The maximum absolute atomic E-state index is 12.8. The molecule has 0 saturated carbocycles. The van der Waals surface area contributed by atoms with Gasteiger partial charge >= 0.3 is 0 Å². The van der Waals surface area contributed by atoms with E-state index in [1.54, 1.807) is 32.4 Å². The fourth-order valence-corrected chi connectivity index (χ4v) is 2.65. The van der Waals surface area contributed by atoms with Crippen molar-refractivity contribution in [3.8, 4) is 11.5 Å². The third kappa shape index (κ3) is 2.72. The van der Waals surface area contributed by atoms with Gasteiger partial charge in [0.2, 0.25) is 0 Å². The van der Waals surface area contributed by atoms with E-state index in [1.807, 2.05) is 4.90 Å². The zero-order valence-electron chi connectivity index (χ0n) is 12.5. The van der Waals surface area contributed by atoms with Crippen molar-refractivity contribution < 1.29 is 14.3 Å². The van der Waals surface area contributed by atoms with E-state index in [4.69, 9.17) is 9.47 Å². The predicted octanol–water partition coefficient (Wildman–Crippen LogP) is 1.53. The highest BCUT2D eigenvalue weighted by molar-refractivity contribution is 5.97. The lowest BCUT2D eigenvalue weighted by molar-refractivity contribution is 0.0541. The highest BCUT2D eigenvalue weighted by Crippen LogP contribution is 2.27. The molecule has 1 amide bonds. The first kappa shape index (κ1) is 14.7. The Bertz CT molecular complexity index is 480. The van der Waals surface area contributed by atoms with Crippen molar-refractivity contribution in [2.75, 3.05) is 27.3 Å². The summed E-state index contributed by atoms with van der Waals surface area (Å²) in [5.74, 6) is 1.23. The Kier molecular flexibility index (Phi) is 4.49. The highest BCUT2D eigenvalue weighted by Gasteiger charge is 2.31. The maximum Gasteiger partial charge on any atom is 0.258 e. The SMILES string of the molecule is COc1ccc(C(=O)N2C(C)CNCC2C)c(OC)c1. The molecule has 5 nitrogen and oxygen atoms in total. The summed E-state index contributed by atoms with van der Waals surface area (Å²) in [4.78, 5) is 14.7. The molecule has 5 heteroatoms. The van der Waals surface area contributed by atoms with Gasteiger partial charge < -0.3 is 19.7 Å². The summed E-state index contributed by atoms with van der Waals surface area (Å²) in [7, 11) is 3.16. The number of carbonyl (C=O) groups excluding carboxylic acids is 1. The van der Waals surface area contributed by atoms with Crippen molar-refractivity contribution in [1.29, 1.82) is 0 Å². The highest BCUT2D eigenvalue weighted by atomic mass is 16.5. The smallest absolute Gasteiger partial charge is 0.258 e. The molecule has 1 aromatic carbocycles. The van der Waals surface area contributed by atoms with Crippen LogP contribution in [0.1, 0.15) is 24.2 Å². The van der Waals surface area contributed by atoms with Gasteiger partial charge in [-0.25, -0.2) is 0 Å². The van der Waals surface area contributed by atoms with Crippen LogP contribution < -0.4 is 14.8 Å². The number of hydrogen-bond donors (Lipinski definition) is 1. The third-order valence-corrected chi connectivity index (χ3v) is 3.70. The van der Waals surface area contributed by atoms with Crippen molar-refractivity contribution >= 4 is 5.91 Å². The van der Waals surface area contributed by atoms with Crippen LogP contribution in [0.25, 0.3) is 0 Å². The third-order valence-electron chi connectivity index (χ3n) is 3.70. The second-order valence-corrected chi connectivity index (χ2v) is 5.13. The molecule has 0 spiro atoms. The van der Waals surface area contributed by atoms with Crippen LogP contribution in [0.5, 0.6) is 11.5 Å². The first-order valence-electron chi connectivity index (χ1n) is 6.84. The minimum atomic E-state index is 0.00556. The zero-order valence-corrected chi connectivity index (χ0v) is 12.5. The monoisotopic (exact) mass is 278 g/mol. The second-order valence-electron chi connectivity index (χ2n) is 5.13. The van der Waals surface area contributed by atoms with Crippen molar-refractivity contribution in [1.82, 2.24) is 10.2 Å². The van der Waals surface area contributed by atoms with Crippen molar-refractivity contribution in [2.45, 2.75) is 25.9 Å². The standard InChI is InChI=1S/C15H22N2O3/c1-10-8-16-9-11(2)17(10)15(18)13-6-5-12(19-3)7-14(13)20-4/h5-7,10-11,16H,8-9H2,1-4H3. The number of piperazine rings is 1. The average Bonchev–Trinajstić information content (AvgIpc) is 2.46. The van der Waals surface area contributed by atoms with E-state index in [-0.39, 0.29) is 18.0 Å². The van der Waals surface area contributed by atoms with Gasteiger partial charge in [0, 0.05) is 31.2 Å². The van der Waals surface area contributed by atoms with Gasteiger partial charge in [-0.2, -0.15) is 0 Å². The summed E-state index contributed by atoms with van der Waals surface area (Å²) in [5, 5.41) is 3.32. The van der Waals surface area contributed by atoms with E-state index in [9.17, 15) is 4.79 Å². The molecule has 0 radical (unpaired) electrons. The van der Waals surface area contributed by atoms with Crippen LogP contribution in [0.4, 0.5) is 0 Å². The quantitative estimate of drug-likeness (QED) is 0.911. The van der Waals surface area contributed by atoms with Crippen LogP contribution in [-0.2, 0) is 0 Å². The molecule has 1 heterocycles. The predicted molar refractivity (Wildman–Crippen MR) is 77.5 cm³/mol. The van der Waals surface area contributed by atoms with Gasteiger partial charge in [-0.15, -0.1) is 0 Å². The Balaban J connectivity index is 2.32. The molecule has 2 rings (SSSR count). The second kappa shape index (κ2) is 6.13. The molecule has 1 aliphatic rings. The lowest BCUT2D eigenvalue weighted by Gasteiger charge is -2.39. The van der Waals surface area contributed by atoms with E-state index in [0.717, 1.165) is 13.1 Å². The molecule has 0 bridgehead atoms. The Morgan fingerprint density at radius 1 is 1.20 bits per heavy atom. The fourth-order valence-electron chi connectivity index (χ4n) is 2.65. The summed E-state index contributed by atoms with van der Waals surface area (Å²) in [6.07, 6.45) is 0. The van der Waals surface area contributed by atoms with Gasteiger partial charge in [-0.1, -0.05) is 0 Å². The fraction of sp³-hybridized carbons (Fsp3) is 0.533. The number of carbonyl (C=O) groups is 1. The molecule has 110 valence electrons. The van der Waals surface area contributed by atoms with Gasteiger partial charge in [0.1, 0.15) is 11.5 Å². The molecule has 1 fully saturated rings. The summed E-state index contributed by atoms with van der Waals surface area (Å²) in [6, 6.07) is 5.62. The first-order chi connectivity index (χ1) is 9.58. The molecule has 2 unspecified atom stereocenters. The Morgan fingerprint density at radius 2 is 1.85 bits per heavy atom. The average molecular weight is 278 g/mol. The molecular formula is C15H22N2O3. The van der Waals surface area contributed by atoms with E-state index in [1.165, 1.54) is 0 Å². The lowest BCUT2D eigenvalue weighted by Crippen LogP contribution is -2.57. The van der Waals surface area contributed by atoms with Crippen LogP contribution >= 0.6 is 0 Å². The molecule has 2 atom stereocenters. The number of nitrogens with zero attached hydrogens (tertiary/aromatic N) is 1. The van der Waals surface area contributed by atoms with Gasteiger partial charge in [0.25, 0.3) is 5.91 Å². The van der Waals surface area contributed by atoms with Crippen LogP contribution in [0.15, 0.2) is 18.2 Å². The molecule has 20 heavy (non-hydrogen) atoms. The Morgan fingerprint density at radius 3 is 2.40 bits per heavy atom. The molecule has 1 aromatic rings. The largest absolute Gasteiger partial charge is 0.497 e. The normalized spacial score (nSPS) is 22.5. The number of methoxy groups -OCH3 is 2. The van der Waals surface area contributed by atoms with E-state index in [2.05, 4.69) is 19.2 Å². The van der Waals surface area contributed by atoms with Crippen molar-refractivity contribution in [3.63, 3.8) is 0 Å². The summed E-state index contributed by atoms with van der Waals surface area (Å²) < 4.78 is 10.5. The van der Waals surface area contributed by atoms with Crippen molar-refractivity contribution in [2.24, 2.45) is 0 Å². The lowest BCUT2D eigenvalue weighted by atomic mass is 10.1. The number of nitrogens with one attached hydrogen (secondary N) is 1. The minimum Gasteiger partial charge on any atom is -0.497 e. The number of benzene rings is 1. The molecule has 0 aliphatic carbocycles. The first-order valence-corrected chi connectivity index (χ1v) is 6.84. The molecule has 1 aliphatic heterocycles. The molecule has 0 aromatic heterocycles. The van der Waals surface area contributed by atoms with E-state index in [0.29, 0.717) is 17.1 Å². The molecule has 1 N–H and O–H groups in total. The van der Waals surface area contributed by atoms with Gasteiger partial charge in [0.05, 0.1) is 19.8 Å². The molecule has 1 saturated heterocycles. The summed E-state index contributed by atoms with van der Waals surface area (Å²) in [5.41, 5.74) is 0.578. The van der Waals surface area contributed by atoms with Crippen LogP contribution in [-0.4, -0.2) is 50.2 Å². The van der Waals surface area contributed by atoms with E-state index < -0.39 is 0 Å². The van der Waals surface area contributed by atoms with Crippen LogP contribution in [0.2, 0.25) is 0 Å². The summed E-state index contributed by atoms with van der Waals surface area (Å²) in [6.45, 7) is 5.73.